The molecule has 0 unspecified atom stereocenters. The zero-order valence-electron chi connectivity index (χ0n) is 18.0. The fourth-order valence-corrected chi connectivity index (χ4v) is 5.11. The third-order valence-corrected chi connectivity index (χ3v) is 7.15. The molecule has 0 radical (unpaired) electrons. The van der Waals surface area contributed by atoms with Crippen molar-refractivity contribution >= 4 is 45.4 Å². The summed E-state index contributed by atoms with van der Waals surface area (Å²) in [5.74, 6) is 0.00610. The lowest BCUT2D eigenvalue weighted by Crippen LogP contribution is -2.43. The number of rotatable bonds is 6. The van der Waals surface area contributed by atoms with Gasteiger partial charge in [-0.1, -0.05) is 11.6 Å². The first-order chi connectivity index (χ1) is 15.7. The van der Waals surface area contributed by atoms with E-state index in [-0.39, 0.29) is 23.5 Å². The Morgan fingerprint density at radius 3 is 2.67 bits per heavy atom. The van der Waals surface area contributed by atoms with Gasteiger partial charge in [0.1, 0.15) is 5.69 Å². The Labute approximate surface area is 199 Å². The van der Waals surface area contributed by atoms with Gasteiger partial charge in [0.2, 0.25) is 5.91 Å². The van der Waals surface area contributed by atoms with Gasteiger partial charge in [-0.2, -0.15) is 13.2 Å². The standard InChI is InChI=1S/C23H24ClF3N4OS/c1-31(19-13-20(23(25,26)27)30-18-7-2-14(24)12-17(18)19)16-5-3-15(4-6-16)29-21(32)8-9-22-28-10-11-33-22/h2,7,10-13,15-16H,3-6,8-9H2,1H3,(H,29,32). The zero-order valence-corrected chi connectivity index (χ0v) is 19.6. The first-order valence-electron chi connectivity index (χ1n) is 10.8. The maximum Gasteiger partial charge on any atom is 0.433 e. The lowest BCUT2D eigenvalue weighted by Gasteiger charge is -2.37. The van der Waals surface area contributed by atoms with Gasteiger partial charge >= 0.3 is 6.18 Å². The minimum atomic E-state index is -4.54. The van der Waals surface area contributed by atoms with Gasteiger partial charge in [-0.3, -0.25) is 4.79 Å². The van der Waals surface area contributed by atoms with E-state index in [1.165, 1.54) is 17.4 Å². The van der Waals surface area contributed by atoms with Crippen LogP contribution in [0.4, 0.5) is 18.9 Å². The van der Waals surface area contributed by atoms with Crippen molar-refractivity contribution in [3.8, 4) is 0 Å². The van der Waals surface area contributed by atoms with E-state index in [1.54, 1.807) is 18.3 Å². The van der Waals surface area contributed by atoms with Gasteiger partial charge in [0, 0.05) is 59.6 Å². The van der Waals surface area contributed by atoms with E-state index in [1.807, 2.05) is 17.3 Å². The summed E-state index contributed by atoms with van der Waals surface area (Å²) in [6.45, 7) is 0. The van der Waals surface area contributed by atoms with Crippen LogP contribution in [0.25, 0.3) is 10.9 Å². The summed E-state index contributed by atoms with van der Waals surface area (Å²) in [5.41, 5.74) is -0.191. The summed E-state index contributed by atoms with van der Waals surface area (Å²) >= 11 is 7.66. The number of hydrogen-bond donors (Lipinski definition) is 1. The van der Waals surface area contributed by atoms with Gasteiger partial charge in [-0.15, -0.1) is 11.3 Å². The van der Waals surface area contributed by atoms with Gasteiger partial charge in [0.15, 0.2) is 0 Å². The fraction of sp³-hybridized carbons (Fsp3) is 0.435. The second kappa shape index (κ2) is 9.85. The summed E-state index contributed by atoms with van der Waals surface area (Å²) in [6.07, 6.45) is 1.29. The maximum atomic E-state index is 13.5. The molecule has 0 aliphatic heterocycles. The van der Waals surface area contributed by atoms with Crippen molar-refractivity contribution in [2.24, 2.45) is 0 Å². The molecule has 2 aromatic heterocycles. The number of halogens is 4. The number of carbonyl (C=O) groups excluding carboxylic acids is 1. The van der Waals surface area contributed by atoms with Gasteiger partial charge in [0.25, 0.3) is 0 Å². The number of anilines is 1. The molecule has 5 nitrogen and oxygen atoms in total. The third kappa shape index (κ3) is 5.76. The molecular formula is C23H24ClF3N4OS. The van der Waals surface area contributed by atoms with Crippen LogP contribution >= 0.6 is 22.9 Å². The number of thiazole rings is 1. The van der Waals surface area contributed by atoms with E-state index >= 15 is 0 Å². The lowest BCUT2D eigenvalue weighted by molar-refractivity contribution is -0.140. The molecule has 1 aliphatic carbocycles. The lowest BCUT2D eigenvalue weighted by atomic mass is 9.89. The largest absolute Gasteiger partial charge is 0.433 e. The molecule has 0 bridgehead atoms. The topological polar surface area (TPSA) is 58.1 Å². The number of aromatic nitrogens is 2. The van der Waals surface area contributed by atoms with Crippen LogP contribution in [-0.2, 0) is 17.4 Å². The van der Waals surface area contributed by atoms with E-state index < -0.39 is 11.9 Å². The minimum Gasteiger partial charge on any atom is -0.371 e. The molecule has 1 amide bonds. The quantitative estimate of drug-likeness (QED) is 0.464. The smallest absolute Gasteiger partial charge is 0.371 e. The number of nitrogens with one attached hydrogen (secondary N) is 1. The average Bonchev–Trinajstić information content (AvgIpc) is 3.30. The van der Waals surface area contributed by atoms with E-state index in [9.17, 15) is 18.0 Å². The van der Waals surface area contributed by atoms with Crippen LogP contribution < -0.4 is 10.2 Å². The molecule has 3 aromatic rings. The second-order valence-corrected chi connectivity index (χ2v) is 9.71. The summed E-state index contributed by atoms with van der Waals surface area (Å²) in [4.78, 5) is 22.2. The number of nitrogens with zero attached hydrogens (tertiary/aromatic N) is 3. The van der Waals surface area contributed by atoms with Gasteiger partial charge < -0.3 is 10.2 Å². The van der Waals surface area contributed by atoms with E-state index in [0.717, 1.165) is 36.8 Å². The fourth-order valence-electron chi connectivity index (χ4n) is 4.32. The minimum absolute atomic E-state index is 0.00610. The molecule has 1 aliphatic rings. The highest BCUT2D eigenvalue weighted by atomic mass is 35.5. The van der Waals surface area contributed by atoms with Crippen LogP contribution in [0.3, 0.4) is 0 Å². The molecule has 176 valence electrons. The van der Waals surface area contributed by atoms with E-state index in [4.69, 9.17) is 11.6 Å². The van der Waals surface area contributed by atoms with Gasteiger partial charge in [0.05, 0.1) is 10.5 Å². The molecule has 1 fully saturated rings. The molecule has 4 rings (SSSR count). The molecule has 0 atom stereocenters. The van der Waals surface area contributed by atoms with Crippen molar-refractivity contribution in [1.29, 1.82) is 0 Å². The molecule has 1 N–H and O–H groups in total. The highest BCUT2D eigenvalue weighted by molar-refractivity contribution is 7.09. The monoisotopic (exact) mass is 496 g/mol. The first-order valence-corrected chi connectivity index (χ1v) is 12.0. The van der Waals surface area contributed by atoms with Crippen molar-refractivity contribution < 1.29 is 18.0 Å². The zero-order chi connectivity index (χ0) is 23.6. The predicted molar refractivity (Wildman–Crippen MR) is 125 cm³/mol. The molecular weight excluding hydrogens is 473 g/mol. The van der Waals surface area contributed by atoms with Crippen molar-refractivity contribution in [2.75, 3.05) is 11.9 Å². The Morgan fingerprint density at radius 1 is 1.24 bits per heavy atom. The summed E-state index contributed by atoms with van der Waals surface area (Å²) in [7, 11) is 1.81. The first kappa shape index (κ1) is 23.8. The number of hydrogen-bond acceptors (Lipinski definition) is 5. The average molecular weight is 497 g/mol. The van der Waals surface area contributed by atoms with Crippen molar-refractivity contribution in [3.05, 3.63) is 51.6 Å². The number of pyridine rings is 1. The molecule has 1 saturated carbocycles. The van der Waals surface area contributed by atoms with Crippen LogP contribution in [0.15, 0.2) is 35.8 Å². The Hall–Kier alpha value is -2.39. The second-order valence-electron chi connectivity index (χ2n) is 8.30. The maximum absolute atomic E-state index is 13.5. The molecule has 0 saturated heterocycles. The molecule has 33 heavy (non-hydrogen) atoms. The highest BCUT2D eigenvalue weighted by Gasteiger charge is 2.34. The number of benzene rings is 1. The normalized spacial score (nSPS) is 18.9. The van der Waals surface area contributed by atoms with Crippen molar-refractivity contribution in [1.82, 2.24) is 15.3 Å². The van der Waals surface area contributed by atoms with E-state index in [0.29, 0.717) is 28.9 Å². The van der Waals surface area contributed by atoms with E-state index in [2.05, 4.69) is 15.3 Å². The summed E-state index contributed by atoms with van der Waals surface area (Å²) in [5, 5.41) is 6.96. The number of aryl methyl sites for hydroxylation is 1. The van der Waals surface area contributed by atoms with Gasteiger partial charge in [-0.05, 0) is 49.9 Å². The summed E-state index contributed by atoms with van der Waals surface area (Å²) in [6, 6.07) is 5.95. The summed E-state index contributed by atoms with van der Waals surface area (Å²) < 4.78 is 40.4. The van der Waals surface area contributed by atoms with Crippen LogP contribution in [0.5, 0.6) is 0 Å². The number of amides is 1. The Morgan fingerprint density at radius 2 is 2.00 bits per heavy atom. The molecule has 2 heterocycles. The number of fused-ring (bicyclic) bond motifs is 1. The SMILES string of the molecule is CN(c1cc(C(F)(F)F)nc2ccc(Cl)cc12)C1CCC(NC(=O)CCc2nccs2)CC1. The number of carbonyl (C=O) groups is 1. The number of alkyl halides is 3. The predicted octanol–water partition coefficient (Wildman–Crippen LogP) is 5.86. The van der Waals surface area contributed by atoms with Crippen LogP contribution in [-0.4, -0.2) is 35.0 Å². The molecule has 1 aromatic carbocycles. The highest BCUT2D eigenvalue weighted by Crippen LogP contribution is 2.37. The Kier molecular flexibility index (Phi) is 7.09. The van der Waals surface area contributed by atoms with Crippen LogP contribution in [0.1, 0.15) is 42.8 Å². The van der Waals surface area contributed by atoms with Crippen molar-refractivity contribution in [2.45, 2.75) is 56.8 Å². The molecule has 0 spiro atoms. The van der Waals surface area contributed by atoms with Crippen molar-refractivity contribution in [3.63, 3.8) is 0 Å². The van der Waals surface area contributed by atoms with Gasteiger partial charge in [-0.25, -0.2) is 9.97 Å². The third-order valence-electron chi connectivity index (χ3n) is 6.08. The Balaban J connectivity index is 1.42. The Bertz CT molecular complexity index is 1110. The van der Waals surface area contributed by atoms with Crippen LogP contribution in [0, 0.1) is 0 Å². The molecule has 10 heteroatoms. The van der Waals surface area contributed by atoms with Crippen LogP contribution in [0.2, 0.25) is 5.02 Å².